The summed E-state index contributed by atoms with van der Waals surface area (Å²) in [5, 5.41) is 5.84. The highest BCUT2D eigenvalue weighted by Gasteiger charge is 2.43. The third-order valence-electron chi connectivity index (χ3n) is 3.30. The van der Waals surface area contributed by atoms with Gasteiger partial charge in [0, 0.05) is 6.04 Å². The minimum absolute atomic E-state index is 0.0745. The Bertz CT molecular complexity index is 485. The summed E-state index contributed by atoms with van der Waals surface area (Å²) in [6, 6.07) is 9.62. The zero-order chi connectivity index (χ0) is 14.0. The monoisotopic (exact) mass is 261 g/mol. The highest BCUT2D eigenvalue weighted by atomic mass is 16.2. The maximum Gasteiger partial charge on any atom is 0.326 e. The summed E-state index contributed by atoms with van der Waals surface area (Å²) in [6.45, 7) is 5.62. The molecule has 0 radical (unpaired) electrons. The predicted molar refractivity (Wildman–Crippen MR) is 72.3 cm³/mol. The first-order valence-corrected chi connectivity index (χ1v) is 6.34. The Hall–Kier alpha value is -1.88. The number of carbonyl (C=O) groups excluding carboxylic acids is 2. The molecule has 0 bridgehead atoms. The Morgan fingerprint density at radius 1 is 1.26 bits per heavy atom. The molecule has 19 heavy (non-hydrogen) atoms. The minimum Gasteiger partial charge on any atom is -0.324 e. The molecule has 1 atom stereocenters. The van der Waals surface area contributed by atoms with E-state index in [0.717, 1.165) is 5.56 Å². The van der Waals surface area contributed by atoms with Crippen molar-refractivity contribution in [3.05, 3.63) is 35.9 Å². The summed E-state index contributed by atoms with van der Waals surface area (Å²) in [7, 11) is 0. The molecule has 3 amide bonds. The summed E-state index contributed by atoms with van der Waals surface area (Å²) in [5.74, 6) is -0.203. The zero-order valence-electron chi connectivity index (χ0n) is 11.4. The lowest BCUT2D eigenvalue weighted by Gasteiger charge is -2.20. The lowest BCUT2D eigenvalue weighted by molar-refractivity contribution is -0.130. The average Bonchev–Trinajstić information content (AvgIpc) is 2.57. The zero-order valence-corrected chi connectivity index (χ0v) is 11.4. The maximum absolute atomic E-state index is 12.0. The van der Waals surface area contributed by atoms with Crippen molar-refractivity contribution in [1.29, 1.82) is 0 Å². The number of hydrogen-bond acceptors (Lipinski definition) is 3. The Labute approximate surface area is 113 Å². The number of amides is 3. The van der Waals surface area contributed by atoms with Gasteiger partial charge in [0.1, 0.15) is 5.54 Å². The second-order valence-corrected chi connectivity index (χ2v) is 5.28. The Morgan fingerprint density at radius 2 is 1.89 bits per heavy atom. The van der Waals surface area contributed by atoms with Crippen LogP contribution in [0.4, 0.5) is 4.79 Å². The van der Waals surface area contributed by atoms with Crippen LogP contribution in [0.1, 0.15) is 32.4 Å². The Kier molecular flexibility index (Phi) is 3.57. The standard InChI is InChI=1S/C14H19N3O2/c1-10(11-7-5-4-6-8-11)15-9-17-12(18)14(2,3)16-13(17)19/h4-8,10,15H,9H2,1-3H3,(H,16,19)/t10-/m1/s1. The van der Waals surface area contributed by atoms with Crippen LogP contribution < -0.4 is 10.6 Å². The summed E-state index contributed by atoms with van der Waals surface area (Å²) in [5.41, 5.74) is 0.309. The molecule has 102 valence electrons. The molecule has 1 fully saturated rings. The van der Waals surface area contributed by atoms with Gasteiger partial charge in [0.15, 0.2) is 0 Å². The number of hydrogen-bond donors (Lipinski definition) is 2. The molecule has 0 unspecified atom stereocenters. The van der Waals surface area contributed by atoms with E-state index in [2.05, 4.69) is 10.6 Å². The fourth-order valence-corrected chi connectivity index (χ4v) is 2.05. The van der Waals surface area contributed by atoms with Crippen LogP contribution in [0.5, 0.6) is 0 Å². The molecule has 0 aliphatic carbocycles. The number of nitrogens with zero attached hydrogens (tertiary/aromatic N) is 1. The molecule has 5 heteroatoms. The molecule has 1 saturated heterocycles. The van der Waals surface area contributed by atoms with E-state index in [-0.39, 0.29) is 24.6 Å². The third kappa shape index (κ3) is 2.76. The lowest BCUT2D eigenvalue weighted by Crippen LogP contribution is -2.42. The van der Waals surface area contributed by atoms with Gasteiger partial charge in [-0.1, -0.05) is 30.3 Å². The molecule has 0 spiro atoms. The van der Waals surface area contributed by atoms with Crippen LogP contribution in [-0.2, 0) is 4.79 Å². The van der Waals surface area contributed by atoms with Crippen molar-refractivity contribution < 1.29 is 9.59 Å². The highest BCUT2D eigenvalue weighted by Crippen LogP contribution is 2.17. The molecule has 2 rings (SSSR count). The van der Waals surface area contributed by atoms with Crippen LogP contribution in [0.2, 0.25) is 0 Å². The van der Waals surface area contributed by atoms with Crippen LogP contribution in [0.3, 0.4) is 0 Å². The highest BCUT2D eigenvalue weighted by molar-refractivity contribution is 6.06. The van der Waals surface area contributed by atoms with Gasteiger partial charge in [-0.25, -0.2) is 9.69 Å². The minimum atomic E-state index is -0.811. The largest absolute Gasteiger partial charge is 0.326 e. The van der Waals surface area contributed by atoms with Gasteiger partial charge in [-0.05, 0) is 26.3 Å². The van der Waals surface area contributed by atoms with Gasteiger partial charge >= 0.3 is 6.03 Å². The summed E-state index contributed by atoms with van der Waals surface area (Å²) >= 11 is 0. The second kappa shape index (κ2) is 5.01. The van der Waals surface area contributed by atoms with Crippen LogP contribution in [0, 0.1) is 0 Å². The van der Waals surface area contributed by atoms with E-state index >= 15 is 0 Å². The molecule has 0 saturated carbocycles. The number of carbonyl (C=O) groups is 2. The van der Waals surface area contributed by atoms with E-state index in [9.17, 15) is 9.59 Å². The SMILES string of the molecule is C[C@@H](NCN1C(=O)NC(C)(C)C1=O)c1ccccc1. The molecule has 1 aliphatic heterocycles. The van der Waals surface area contributed by atoms with Crippen LogP contribution in [0.25, 0.3) is 0 Å². The number of nitrogens with one attached hydrogen (secondary N) is 2. The molecule has 1 aromatic carbocycles. The molecule has 0 aromatic heterocycles. The number of urea groups is 1. The van der Waals surface area contributed by atoms with Crippen molar-refractivity contribution in [1.82, 2.24) is 15.5 Å². The van der Waals surface area contributed by atoms with Crippen LogP contribution in [-0.4, -0.2) is 29.0 Å². The van der Waals surface area contributed by atoms with Crippen molar-refractivity contribution in [2.45, 2.75) is 32.4 Å². The van der Waals surface area contributed by atoms with Crippen molar-refractivity contribution in [2.24, 2.45) is 0 Å². The fraction of sp³-hybridized carbons (Fsp3) is 0.429. The molecule has 1 heterocycles. The van der Waals surface area contributed by atoms with Gasteiger partial charge in [0.2, 0.25) is 0 Å². The molecule has 1 aromatic rings. The number of imide groups is 1. The summed E-state index contributed by atoms with van der Waals surface area (Å²) in [4.78, 5) is 24.9. The molecular formula is C14H19N3O2. The number of benzene rings is 1. The van der Waals surface area contributed by atoms with Gasteiger partial charge < -0.3 is 5.32 Å². The average molecular weight is 261 g/mol. The van der Waals surface area contributed by atoms with Gasteiger partial charge in [-0.15, -0.1) is 0 Å². The first-order valence-electron chi connectivity index (χ1n) is 6.34. The van der Waals surface area contributed by atoms with Crippen molar-refractivity contribution in [3.8, 4) is 0 Å². The fourth-order valence-electron chi connectivity index (χ4n) is 2.05. The second-order valence-electron chi connectivity index (χ2n) is 5.28. The third-order valence-corrected chi connectivity index (χ3v) is 3.30. The van der Waals surface area contributed by atoms with Gasteiger partial charge in [-0.3, -0.25) is 10.1 Å². The molecule has 5 nitrogen and oxygen atoms in total. The first kappa shape index (κ1) is 13.5. The van der Waals surface area contributed by atoms with E-state index in [1.165, 1.54) is 4.90 Å². The normalized spacial score (nSPS) is 19.4. The quantitative estimate of drug-likeness (QED) is 0.810. The van der Waals surface area contributed by atoms with Gasteiger partial charge in [0.05, 0.1) is 6.67 Å². The van der Waals surface area contributed by atoms with E-state index in [1.807, 2.05) is 37.3 Å². The number of rotatable bonds is 4. The summed E-state index contributed by atoms with van der Waals surface area (Å²) < 4.78 is 0. The van der Waals surface area contributed by atoms with Gasteiger partial charge in [-0.2, -0.15) is 0 Å². The molecular weight excluding hydrogens is 242 g/mol. The first-order chi connectivity index (χ1) is 8.92. The van der Waals surface area contributed by atoms with E-state index in [1.54, 1.807) is 13.8 Å². The van der Waals surface area contributed by atoms with E-state index < -0.39 is 5.54 Å². The molecule has 1 aliphatic rings. The van der Waals surface area contributed by atoms with Crippen LogP contribution >= 0.6 is 0 Å². The van der Waals surface area contributed by atoms with Crippen LogP contribution in [0.15, 0.2) is 30.3 Å². The van der Waals surface area contributed by atoms with E-state index in [0.29, 0.717) is 0 Å². The van der Waals surface area contributed by atoms with Crippen molar-refractivity contribution in [2.75, 3.05) is 6.67 Å². The van der Waals surface area contributed by atoms with Crippen molar-refractivity contribution >= 4 is 11.9 Å². The Morgan fingerprint density at radius 3 is 2.42 bits per heavy atom. The lowest BCUT2D eigenvalue weighted by atomic mass is 10.1. The maximum atomic E-state index is 12.0. The summed E-state index contributed by atoms with van der Waals surface area (Å²) in [6.07, 6.45) is 0. The molecule has 2 N–H and O–H groups in total. The topological polar surface area (TPSA) is 61.4 Å². The van der Waals surface area contributed by atoms with Gasteiger partial charge in [0.25, 0.3) is 5.91 Å². The Balaban J connectivity index is 1.96. The predicted octanol–water partition coefficient (Wildman–Crippen LogP) is 1.63. The smallest absolute Gasteiger partial charge is 0.324 e. The van der Waals surface area contributed by atoms with E-state index in [4.69, 9.17) is 0 Å². The van der Waals surface area contributed by atoms with Crippen molar-refractivity contribution in [3.63, 3.8) is 0 Å².